The first kappa shape index (κ1) is 16.0. The highest BCUT2D eigenvalue weighted by Crippen LogP contribution is 2.33. The van der Waals surface area contributed by atoms with Crippen LogP contribution in [0.1, 0.15) is 59.1 Å². The Labute approximate surface area is 117 Å². The quantitative estimate of drug-likeness (QED) is 0.846. The molecule has 1 heterocycles. The van der Waals surface area contributed by atoms with Crippen molar-refractivity contribution in [1.82, 2.24) is 4.98 Å². The Morgan fingerprint density at radius 1 is 1.32 bits per heavy atom. The molecule has 0 saturated carbocycles. The summed E-state index contributed by atoms with van der Waals surface area (Å²) in [6, 6.07) is 1.89. The van der Waals surface area contributed by atoms with Gasteiger partial charge in [0, 0.05) is 11.8 Å². The monoisotopic (exact) mass is 265 g/mol. The summed E-state index contributed by atoms with van der Waals surface area (Å²) < 4.78 is 5.54. The first-order valence-electron chi connectivity index (χ1n) is 7.10. The Bertz CT molecular complexity index is 385. The van der Waals surface area contributed by atoms with Gasteiger partial charge in [0.2, 0.25) is 0 Å². The summed E-state index contributed by atoms with van der Waals surface area (Å²) in [5.74, 6) is 1.17. The number of ether oxygens (including phenoxy) is 1. The number of rotatable bonds is 6. The van der Waals surface area contributed by atoms with Crippen molar-refractivity contribution in [2.45, 2.75) is 53.6 Å². The topological polar surface area (TPSA) is 42.4 Å². The van der Waals surface area contributed by atoms with Crippen LogP contribution in [-0.2, 0) is 0 Å². The largest absolute Gasteiger partial charge is 0.492 e. The molecule has 0 radical (unpaired) electrons. The molecule has 1 aromatic heterocycles. The lowest BCUT2D eigenvalue weighted by atomic mass is 9.78. The standard InChI is InChI=1S/C16H27NO2/c1-6-7-19-14-9-13(10-17-11-14)15(18)8-12(2)16(3,4)5/h9-12,15,18H,6-8H2,1-5H3. The van der Waals surface area contributed by atoms with E-state index in [9.17, 15) is 5.11 Å². The third-order valence-corrected chi connectivity index (χ3v) is 3.65. The van der Waals surface area contributed by atoms with Gasteiger partial charge in [0.1, 0.15) is 5.75 Å². The Balaban J connectivity index is 2.68. The van der Waals surface area contributed by atoms with E-state index in [0.717, 1.165) is 24.2 Å². The van der Waals surface area contributed by atoms with Crippen LogP contribution in [0.25, 0.3) is 0 Å². The minimum absolute atomic E-state index is 0.199. The van der Waals surface area contributed by atoms with Gasteiger partial charge in [-0.25, -0.2) is 0 Å². The van der Waals surface area contributed by atoms with E-state index in [2.05, 4.69) is 39.6 Å². The summed E-state index contributed by atoms with van der Waals surface area (Å²) in [5.41, 5.74) is 1.04. The van der Waals surface area contributed by atoms with Gasteiger partial charge in [-0.15, -0.1) is 0 Å². The molecule has 0 spiro atoms. The summed E-state index contributed by atoms with van der Waals surface area (Å²) in [5, 5.41) is 10.3. The van der Waals surface area contributed by atoms with E-state index in [1.807, 2.05) is 6.07 Å². The lowest BCUT2D eigenvalue weighted by molar-refractivity contribution is 0.110. The molecule has 0 aliphatic rings. The zero-order valence-corrected chi connectivity index (χ0v) is 12.8. The highest BCUT2D eigenvalue weighted by molar-refractivity contribution is 5.25. The molecule has 0 saturated heterocycles. The molecule has 3 heteroatoms. The second-order valence-corrected chi connectivity index (χ2v) is 6.32. The normalized spacial score (nSPS) is 15.1. The molecular formula is C16H27NO2. The SMILES string of the molecule is CCCOc1cncc(C(O)CC(C)C(C)(C)C)c1. The minimum Gasteiger partial charge on any atom is -0.492 e. The molecule has 0 aliphatic heterocycles. The van der Waals surface area contributed by atoms with Crippen molar-refractivity contribution in [2.75, 3.05) is 6.61 Å². The molecule has 1 rings (SSSR count). The van der Waals surface area contributed by atoms with Crippen molar-refractivity contribution in [2.24, 2.45) is 11.3 Å². The summed E-state index contributed by atoms with van der Waals surface area (Å²) in [7, 11) is 0. The maximum absolute atomic E-state index is 10.3. The summed E-state index contributed by atoms with van der Waals surface area (Å²) in [6.07, 6.45) is 4.64. The predicted molar refractivity (Wildman–Crippen MR) is 78.2 cm³/mol. The predicted octanol–water partition coefficient (Wildman–Crippen LogP) is 3.98. The molecule has 1 aromatic rings. The van der Waals surface area contributed by atoms with Gasteiger partial charge < -0.3 is 9.84 Å². The molecule has 0 amide bonds. The van der Waals surface area contributed by atoms with E-state index in [1.165, 1.54) is 0 Å². The second kappa shape index (κ2) is 6.90. The van der Waals surface area contributed by atoms with Gasteiger partial charge in [-0.05, 0) is 30.2 Å². The summed E-state index contributed by atoms with van der Waals surface area (Å²) in [4.78, 5) is 4.14. The minimum atomic E-state index is -0.480. The fourth-order valence-corrected chi connectivity index (χ4v) is 1.74. The van der Waals surface area contributed by atoms with E-state index in [1.54, 1.807) is 12.4 Å². The highest BCUT2D eigenvalue weighted by Gasteiger charge is 2.23. The van der Waals surface area contributed by atoms with Gasteiger partial charge in [0.15, 0.2) is 0 Å². The third kappa shape index (κ3) is 5.19. The first-order valence-corrected chi connectivity index (χ1v) is 7.10. The van der Waals surface area contributed by atoms with Gasteiger partial charge >= 0.3 is 0 Å². The molecule has 19 heavy (non-hydrogen) atoms. The zero-order chi connectivity index (χ0) is 14.5. The molecule has 1 N–H and O–H groups in total. The van der Waals surface area contributed by atoms with Crippen LogP contribution in [0.2, 0.25) is 0 Å². The van der Waals surface area contributed by atoms with E-state index in [4.69, 9.17) is 4.74 Å². The summed E-state index contributed by atoms with van der Waals surface area (Å²) >= 11 is 0. The van der Waals surface area contributed by atoms with Crippen molar-refractivity contribution in [1.29, 1.82) is 0 Å². The molecule has 2 unspecified atom stereocenters. The molecule has 2 atom stereocenters. The molecule has 0 fully saturated rings. The smallest absolute Gasteiger partial charge is 0.137 e. The summed E-state index contributed by atoms with van der Waals surface area (Å²) in [6.45, 7) is 11.5. The van der Waals surface area contributed by atoms with Gasteiger partial charge in [0.25, 0.3) is 0 Å². The van der Waals surface area contributed by atoms with Crippen LogP contribution in [0.3, 0.4) is 0 Å². The number of aliphatic hydroxyl groups is 1. The van der Waals surface area contributed by atoms with E-state index < -0.39 is 6.10 Å². The van der Waals surface area contributed by atoms with Crippen LogP contribution in [-0.4, -0.2) is 16.7 Å². The van der Waals surface area contributed by atoms with Crippen LogP contribution >= 0.6 is 0 Å². The lowest BCUT2D eigenvalue weighted by Crippen LogP contribution is -2.19. The van der Waals surface area contributed by atoms with Crippen LogP contribution in [0.5, 0.6) is 5.75 Å². The number of hydrogen-bond donors (Lipinski definition) is 1. The zero-order valence-electron chi connectivity index (χ0n) is 12.8. The van der Waals surface area contributed by atoms with Gasteiger partial charge in [-0.1, -0.05) is 34.6 Å². The van der Waals surface area contributed by atoms with Crippen LogP contribution < -0.4 is 4.74 Å². The van der Waals surface area contributed by atoms with Crippen molar-refractivity contribution < 1.29 is 9.84 Å². The Hall–Kier alpha value is -1.09. The number of aromatic nitrogens is 1. The van der Waals surface area contributed by atoms with Gasteiger partial charge in [-0.2, -0.15) is 0 Å². The van der Waals surface area contributed by atoms with Crippen LogP contribution in [0.15, 0.2) is 18.5 Å². The number of nitrogens with zero attached hydrogens (tertiary/aromatic N) is 1. The average molecular weight is 265 g/mol. The maximum atomic E-state index is 10.3. The second-order valence-electron chi connectivity index (χ2n) is 6.32. The van der Waals surface area contributed by atoms with Gasteiger partial charge in [-0.3, -0.25) is 4.98 Å². The van der Waals surface area contributed by atoms with Crippen molar-refractivity contribution in [3.05, 3.63) is 24.0 Å². The number of aliphatic hydroxyl groups excluding tert-OH is 1. The molecular weight excluding hydrogens is 238 g/mol. The maximum Gasteiger partial charge on any atom is 0.137 e. The van der Waals surface area contributed by atoms with Crippen LogP contribution in [0, 0.1) is 11.3 Å². The van der Waals surface area contributed by atoms with Crippen molar-refractivity contribution in [3.8, 4) is 5.75 Å². The third-order valence-electron chi connectivity index (χ3n) is 3.65. The van der Waals surface area contributed by atoms with Gasteiger partial charge in [0.05, 0.1) is 18.9 Å². The molecule has 0 bridgehead atoms. The fraction of sp³-hybridized carbons (Fsp3) is 0.688. The molecule has 3 nitrogen and oxygen atoms in total. The van der Waals surface area contributed by atoms with E-state index in [-0.39, 0.29) is 5.41 Å². The highest BCUT2D eigenvalue weighted by atomic mass is 16.5. The Morgan fingerprint density at radius 3 is 2.58 bits per heavy atom. The average Bonchev–Trinajstić information content (AvgIpc) is 2.35. The van der Waals surface area contributed by atoms with E-state index >= 15 is 0 Å². The Kier molecular flexibility index (Phi) is 5.80. The molecule has 108 valence electrons. The molecule has 0 aliphatic carbocycles. The fourth-order valence-electron chi connectivity index (χ4n) is 1.74. The van der Waals surface area contributed by atoms with Crippen molar-refractivity contribution >= 4 is 0 Å². The lowest BCUT2D eigenvalue weighted by Gasteiger charge is -2.29. The molecule has 0 aromatic carbocycles. The van der Waals surface area contributed by atoms with Crippen LogP contribution in [0.4, 0.5) is 0 Å². The van der Waals surface area contributed by atoms with Crippen molar-refractivity contribution in [3.63, 3.8) is 0 Å². The number of hydrogen-bond acceptors (Lipinski definition) is 3. The first-order chi connectivity index (χ1) is 8.84. The number of pyridine rings is 1. The Morgan fingerprint density at radius 2 is 2.00 bits per heavy atom. The van der Waals surface area contributed by atoms with E-state index in [0.29, 0.717) is 12.5 Å².